The van der Waals surface area contributed by atoms with Crippen molar-refractivity contribution in [1.29, 1.82) is 0 Å². The Balaban J connectivity index is 2.11. The number of hydrogen-bond acceptors (Lipinski definition) is 3. The van der Waals surface area contributed by atoms with Crippen molar-refractivity contribution < 1.29 is 9.59 Å². The van der Waals surface area contributed by atoms with Gasteiger partial charge in [0.2, 0.25) is 5.91 Å². The molecule has 2 amide bonds. The summed E-state index contributed by atoms with van der Waals surface area (Å²) in [7, 11) is 3.53. The molecule has 1 fully saturated rings. The van der Waals surface area contributed by atoms with Gasteiger partial charge in [-0.05, 0) is 26.1 Å². The van der Waals surface area contributed by atoms with Gasteiger partial charge in [0.15, 0.2) is 0 Å². The molecule has 1 aromatic carbocycles. The lowest BCUT2D eigenvalue weighted by Crippen LogP contribution is -2.58. The summed E-state index contributed by atoms with van der Waals surface area (Å²) in [6.07, 6.45) is 0. The Labute approximate surface area is 119 Å². The molecule has 1 aliphatic heterocycles. The monoisotopic (exact) mass is 275 g/mol. The quantitative estimate of drug-likeness (QED) is 0.855. The largest absolute Gasteiger partial charge is 0.358 e. The van der Waals surface area contributed by atoms with Crippen LogP contribution in [0.4, 0.5) is 0 Å². The summed E-state index contributed by atoms with van der Waals surface area (Å²) in [5.41, 5.74) is 1.80. The molecule has 1 N–H and O–H groups in total. The number of aryl methyl sites for hydroxylation is 1. The second-order valence-corrected chi connectivity index (χ2v) is 5.23. The van der Waals surface area contributed by atoms with Gasteiger partial charge in [-0.2, -0.15) is 0 Å². The Morgan fingerprint density at radius 1 is 1.20 bits per heavy atom. The van der Waals surface area contributed by atoms with E-state index in [9.17, 15) is 9.59 Å². The number of carbonyl (C=O) groups is 2. The molecule has 0 aromatic heterocycles. The summed E-state index contributed by atoms with van der Waals surface area (Å²) in [4.78, 5) is 28.0. The smallest absolute Gasteiger partial charge is 0.253 e. The lowest BCUT2D eigenvalue weighted by molar-refractivity contribution is -0.127. The van der Waals surface area contributed by atoms with E-state index in [-0.39, 0.29) is 17.9 Å². The minimum Gasteiger partial charge on any atom is -0.358 e. The van der Waals surface area contributed by atoms with Crippen LogP contribution in [-0.4, -0.2) is 61.4 Å². The van der Waals surface area contributed by atoms with Gasteiger partial charge in [0.25, 0.3) is 5.91 Å². The van der Waals surface area contributed by atoms with E-state index < -0.39 is 0 Å². The molecular formula is C15H21N3O2. The Kier molecular flexibility index (Phi) is 4.39. The van der Waals surface area contributed by atoms with Crippen molar-refractivity contribution >= 4 is 11.8 Å². The summed E-state index contributed by atoms with van der Waals surface area (Å²) >= 11 is 0. The maximum absolute atomic E-state index is 12.4. The first-order valence-electron chi connectivity index (χ1n) is 6.80. The van der Waals surface area contributed by atoms with Crippen LogP contribution < -0.4 is 5.32 Å². The maximum atomic E-state index is 12.4. The van der Waals surface area contributed by atoms with Crippen LogP contribution >= 0.6 is 0 Å². The van der Waals surface area contributed by atoms with Crippen LogP contribution in [-0.2, 0) is 4.79 Å². The fraction of sp³-hybridized carbons (Fsp3) is 0.467. The molecule has 1 aliphatic rings. The number of benzene rings is 1. The molecule has 108 valence electrons. The molecule has 1 saturated heterocycles. The van der Waals surface area contributed by atoms with Crippen molar-refractivity contribution in [2.24, 2.45) is 0 Å². The van der Waals surface area contributed by atoms with Crippen LogP contribution in [0.5, 0.6) is 0 Å². The van der Waals surface area contributed by atoms with Crippen molar-refractivity contribution in [3.05, 3.63) is 35.4 Å². The van der Waals surface area contributed by atoms with Crippen molar-refractivity contribution in [3.8, 4) is 0 Å². The second-order valence-electron chi connectivity index (χ2n) is 5.23. The van der Waals surface area contributed by atoms with Gasteiger partial charge in [-0.1, -0.05) is 17.7 Å². The number of likely N-dealkylation sites (N-methyl/N-ethyl adjacent to an activating group) is 2. The molecule has 1 unspecified atom stereocenters. The normalized spacial score (nSPS) is 19.8. The Hall–Kier alpha value is -1.88. The number of hydrogen-bond donors (Lipinski definition) is 1. The molecule has 0 aliphatic carbocycles. The van der Waals surface area contributed by atoms with Crippen molar-refractivity contribution in [2.45, 2.75) is 13.0 Å². The summed E-state index contributed by atoms with van der Waals surface area (Å²) in [6.45, 7) is 3.78. The number of nitrogens with one attached hydrogen (secondary N) is 1. The molecule has 5 nitrogen and oxygen atoms in total. The van der Waals surface area contributed by atoms with E-state index >= 15 is 0 Å². The summed E-state index contributed by atoms with van der Waals surface area (Å²) in [5.74, 6) is -0.0547. The van der Waals surface area contributed by atoms with E-state index in [1.165, 1.54) is 0 Å². The minimum atomic E-state index is -0.275. The summed E-state index contributed by atoms with van der Waals surface area (Å²) < 4.78 is 0. The van der Waals surface area contributed by atoms with Gasteiger partial charge in [-0.25, -0.2) is 0 Å². The van der Waals surface area contributed by atoms with E-state index in [0.29, 0.717) is 25.2 Å². The molecule has 0 bridgehead atoms. The molecule has 0 radical (unpaired) electrons. The fourth-order valence-electron chi connectivity index (χ4n) is 2.39. The van der Waals surface area contributed by atoms with Crippen LogP contribution in [0.3, 0.4) is 0 Å². The second kappa shape index (κ2) is 6.05. The number of piperazine rings is 1. The van der Waals surface area contributed by atoms with Gasteiger partial charge < -0.3 is 10.2 Å². The van der Waals surface area contributed by atoms with Gasteiger partial charge in [-0.15, -0.1) is 0 Å². The predicted molar refractivity (Wildman–Crippen MR) is 77.6 cm³/mol. The Morgan fingerprint density at radius 2 is 1.85 bits per heavy atom. The first-order valence-corrected chi connectivity index (χ1v) is 6.80. The Bertz CT molecular complexity index is 498. The SMILES string of the molecule is CNC(=O)C1CN(C(=O)c2ccc(C)cc2)CCN1C. The summed E-state index contributed by atoms with van der Waals surface area (Å²) in [6, 6.07) is 7.26. The van der Waals surface area contributed by atoms with Gasteiger partial charge in [0.1, 0.15) is 6.04 Å². The molecule has 20 heavy (non-hydrogen) atoms. The lowest BCUT2D eigenvalue weighted by atomic mass is 10.1. The van der Waals surface area contributed by atoms with Crippen molar-refractivity contribution in [3.63, 3.8) is 0 Å². The van der Waals surface area contributed by atoms with Gasteiger partial charge in [0, 0.05) is 32.2 Å². The standard InChI is InChI=1S/C15H21N3O2/c1-11-4-6-12(7-5-11)15(20)18-9-8-17(3)13(10-18)14(19)16-2/h4-7,13H,8-10H2,1-3H3,(H,16,19). The highest BCUT2D eigenvalue weighted by Gasteiger charge is 2.31. The highest BCUT2D eigenvalue weighted by Crippen LogP contribution is 2.13. The summed E-state index contributed by atoms with van der Waals surface area (Å²) in [5, 5.41) is 2.65. The van der Waals surface area contributed by atoms with Crippen LogP contribution in [0.25, 0.3) is 0 Å². The van der Waals surface area contributed by atoms with Crippen molar-refractivity contribution in [1.82, 2.24) is 15.1 Å². The zero-order valence-electron chi connectivity index (χ0n) is 12.2. The first-order chi connectivity index (χ1) is 9.52. The van der Waals surface area contributed by atoms with Crippen LogP contribution in [0.1, 0.15) is 15.9 Å². The third-order valence-electron chi connectivity index (χ3n) is 3.78. The van der Waals surface area contributed by atoms with E-state index in [2.05, 4.69) is 5.32 Å². The molecule has 1 aromatic rings. The molecule has 1 atom stereocenters. The Morgan fingerprint density at radius 3 is 2.45 bits per heavy atom. The fourth-order valence-corrected chi connectivity index (χ4v) is 2.39. The third-order valence-corrected chi connectivity index (χ3v) is 3.78. The highest BCUT2D eigenvalue weighted by atomic mass is 16.2. The zero-order chi connectivity index (χ0) is 14.7. The lowest BCUT2D eigenvalue weighted by Gasteiger charge is -2.38. The first kappa shape index (κ1) is 14.5. The zero-order valence-corrected chi connectivity index (χ0v) is 12.2. The molecule has 0 saturated carbocycles. The van der Waals surface area contributed by atoms with Gasteiger partial charge in [-0.3, -0.25) is 14.5 Å². The van der Waals surface area contributed by atoms with Gasteiger partial charge in [0.05, 0.1) is 0 Å². The van der Waals surface area contributed by atoms with E-state index in [1.54, 1.807) is 11.9 Å². The number of rotatable bonds is 2. The van der Waals surface area contributed by atoms with Crippen LogP contribution in [0, 0.1) is 6.92 Å². The topological polar surface area (TPSA) is 52.7 Å². The molecule has 2 rings (SSSR count). The van der Waals surface area contributed by atoms with Crippen LogP contribution in [0.15, 0.2) is 24.3 Å². The number of nitrogens with zero attached hydrogens (tertiary/aromatic N) is 2. The number of carbonyl (C=O) groups excluding carboxylic acids is 2. The molecule has 5 heteroatoms. The maximum Gasteiger partial charge on any atom is 0.253 e. The van der Waals surface area contributed by atoms with Gasteiger partial charge >= 0.3 is 0 Å². The van der Waals surface area contributed by atoms with Crippen LogP contribution in [0.2, 0.25) is 0 Å². The third kappa shape index (κ3) is 2.99. The van der Waals surface area contributed by atoms with E-state index in [0.717, 1.165) is 5.56 Å². The predicted octanol–water partition coefficient (Wildman–Crippen LogP) is 0.497. The molecular weight excluding hydrogens is 254 g/mol. The highest BCUT2D eigenvalue weighted by molar-refractivity contribution is 5.95. The average molecular weight is 275 g/mol. The van der Waals surface area contributed by atoms with Crippen molar-refractivity contribution in [2.75, 3.05) is 33.7 Å². The van der Waals surface area contributed by atoms with E-state index in [1.807, 2.05) is 43.1 Å². The average Bonchev–Trinajstić information content (AvgIpc) is 2.47. The molecule has 0 spiro atoms. The molecule has 1 heterocycles. The van der Waals surface area contributed by atoms with E-state index in [4.69, 9.17) is 0 Å². The minimum absolute atomic E-state index is 0.00740. The number of amides is 2.